The second kappa shape index (κ2) is 6.99. The van der Waals surface area contributed by atoms with Gasteiger partial charge in [-0.25, -0.2) is 9.59 Å². The van der Waals surface area contributed by atoms with E-state index in [1.807, 2.05) is 0 Å². The number of amides is 2. The van der Waals surface area contributed by atoms with E-state index in [1.54, 1.807) is 13.0 Å². The van der Waals surface area contributed by atoms with Gasteiger partial charge < -0.3 is 20.1 Å². The smallest absolute Gasteiger partial charge is 0.339 e. The quantitative estimate of drug-likeness (QED) is 0.780. The minimum absolute atomic E-state index is 0.181. The van der Waals surface area contributed by atoms with Crippen LogP contribution in [-0.2, 0) is 9.53 Å². The summed E-state index contributed by atoms with van der Waals surface area (Å²) in [5.41, 5.74) is 1.56. The molecule has 1 aromatic carbocycles. The summed E-state index contributed by atoms with van der Waals surface area (Å²) in [5, 5.41) is 11.7. The Morgan fingerprint density at radius 3 is 2.65 bits per heavy atom. The average molecular weight is 385 g/mol. The van der Waals surface area contributed by atoms with Crippen LogP contribution in [0.3, 0.4) is 0 Å². The van der Waals surface area contributed by atoms with Crippen molar-refractivity contribution in [2.24, 2.45) is 5.92 Å². The first-order valence-corrected chi connectivity index (χ1v) is 7.80. The van der Waals surface area contributed by atoms with Gasteiger partial charge in [0.15, 0.2) is 0 Å². The highest BCUT2D eigenvalue weighted by atomic mass is 79.9. The van der Waals surface area contributed by atoms with Gasteiger partial charge in [-0.05, 0) is 47.0 Å². The van der Waals surface area contributed by atoms with Crippen LogP contribution >= 0.6 is 15.9 Å². The molecule has 0 aromatic heterocycles. The van der Waals surface area contributed by atoms with Crippen LogP contribution in [-0.4, -0.2) is 48.2 Å². The van der Waals surface area contributed by atoms with Crippen molar-refractivity contribution in [2.45, 2.75) is 13.3 Å². The monoisotopic (exact) mass is 384 g/mol. The number of hydrogen-bond donors (Lipinski definition) is 2. The van der Waals surface area contributed by atoms with Gasteiger partial charge in [-0.2, -0.15) is 0 Å². The molecule has 0 radical (unpaired) electrons. The van der Waals surface area contributed by atoms with Crippen LogP contribution in [0, 0.1) is 12.8 Å². The summed E-state index contributed by atoms with van der Waals surface area (Å²) < 4.78 is 5.28. The van der Waals surface area contributed by atoms with Gasteiger partial charge in [0.2, 0.25) is 0 Å². The Hall–Kier alpha value is -2.09. The number of benzene rings is 1. The lowest BCUT2D eigenvalue weighted by Gasteiger charge is -2.18. The first-order chi connectivity index (χ1) is 10.8. The van der Waals surface area contributed by atoms with Crippen LogP contribution in [0.15, 0.2) is 16.6 Å². The number of urea groups is 1. The molecule has 8 heteroatoms. The van der Waals surface area contributed by atoms with Crippen molar-refractivity contribution in [1.29, 1.82) is 0 Å². The van der Waals surface area contributed by atoms with Gasteiger partial charge >= 0.3 is 18.0 Å². The lowest BCUT2D eigenvalue weighted by Crippen LogP contribution is -2.34. The van der Waals surface area contributed by atoms with E-state index in [2.05, 4.69) is 21.2 Å². The molecule has 0 saturated carbocycles. The van der Waals surface area contributed by atoms with Crippen molar-refractivity contribution in [3.63, 3.8) is 0 Å². The summed E-state index contributed by atoms with van der Waals surface area (Å²) in [4.78, 5) is 36.4. The Labute approximate surface area is 141 Å². The number of carboxylic acids is 1. The maximum absolute atomic E-state index is 12.3. The van der Waals surface area contributed by atoms with Crippen molar-refractivity contribution in [3.8, 4) is 0 Å². The number of aryl methyl sites for hydroxylation is 1. The molecule has 2 rings (SSSR count). The third-order valence-electron chi connectivity index (χ3n) is 3.79. The zero-order valence-corrected chi connectivity index (χ0v) is 14.3. The van der Waals surface area contributed by atoms with E-state index in [1.165, 1.54) is 18.1 Å². The number of esters is 1. The molecule has 0 bridgehead atoms. The molecule has 2 amide bonds. The fraction of sp³-hybridized carbons (Fsp3) is 0.400. The molecular weight excluding hydrogens is 368 g/mol. The van der Waals surface area contributed by atoms with Crippen LogP contribution in [0.1, 0.15) is 22.3 Å². The zero-order chi connectivity index (χ0) is 17.1. The molecule has 23 heavy (non-hydrogen) atoms. The minimum Gasteiger partial charge on any atom is -0.481 e. The number of ether oxygens (including phenoxy) is 1. The Kier molecular flexibility index (Phi) is 5.25. The van der Waals surface area contributed by atoms with Crippen LogP contribution in [0.5, 0.6) is 0 Å². The Balaban J connectivity index is 2.15. The van der Waals surface area contributed by atoms with E-state index in [9.17, 15) is 14.4 Å². The third kappa shape index (κ3) is 3.82. The van der Waals surface area contributed by atoms with Crippen molar-refractivity contribution in [3.05, 3.63) is 27.7 Å². The first kappa shape index (κ1) is 17.3. The van der Waals surface area contributed by atoms with E-state index < -0.39 is 17.9 Å². The Morgan fingerprint density at radius 2 is 2.09 bits per heavy atom. The third-order valence-corrected chi connectivity index (χ3v) is 4.44. The second-order valence-electron chi connectivity index (χ2n) is 5.34. The van der Waals surface area contributed by atoms with Crippen LogP contribution in [0.25, 0.3) is 0 Å². The van der Waals surface area contributed by atoms with E-state index in [0.29, 0.717) is 28.7 Å². The summed E-state index contributed by atoms with van der Waals surface area (Å²) in [6, 6.07) is 2.87. The lowest BCUT2D eigenvalue weighted by molar-refractivity contribution is -0.141. The molecule has 7 nitrogen and oxygen atoms in total. The molecule has 0 aliphatic carbocycles. The molecule has 1 aliphatic heterocycles. The number of nitrogens with zero attached hydrogens (tertiary/aromatic N) is 1. The Bertz CT molecular complexity index is 662. The normalized spacial score (nSPS) is 17.0. The molecule has 1 heterocycles. The molecular formula is C15H17BrN2O5. The standard InChI is InChI=1S/C15H17BrN2O5/c1-8-5-11(16)10(14(21)23-2)6-12(8)17-15(22)18-4-3-9(7-18)13(19)20/h5-6,9H,3-4,7H2,1-2H3,(H,17,22)(H,19,20). The summed E-state index contributed by atoms with van der Waals surface area (Å²) >= 11 is 3.29. The number of carbonyl (C=O) groups is 3. The first-order valence-electron chi connectivity index (χ1n) is 7.00. The van der Waals surface area contributed by atoms with Gasteiger partial charge in [0, 0.05) is 23.2 Å². The summed E-state index contributed by atoms with van der Waals surface area (Å²) in [6.07, 6.45) is 0.440. The highest BCUT2D eigenvalue weighted by Gasteiger charge is 2.31. The largest absolute Gasteiger partial charge is 0.481 e. The predicted octanol–water partition coefficient (Wildman–Crippen LogP) is 2.48. The summed E-state index contributed by atoms with van der Waals surface area (Å²) in [5.74, 6) is -1.94. The fourth-order valence-electron chi connectivity index (χ4n) is 2.41. The molecule has 1 aromatic rings. The van der Waals surface area contributed by atoms with Crippen molar-refractivity contribution in [1.82, 2.24) is 4.90 Å². The van der Waals surface area contributed by atoms with E-state index in [4.69, 9.17) is 9.84 Å². The van der Waals surface area contributed by atoms with E-state index >= 15 is 0 Å². The van der Waals surface area contributed by atoms with E-state index in [0.717, 1.165) is 5.56 Å². The fourth-order valence-corrected chi connectivity index (χ4v) is 3.03. The number of rotatable bonds is 3. The molecule has 0 spiro atoms. The average Bonchev–Trinajstić information content (AvgIpc) is 2.99. The molecule has 1 fully saturated rings. The number of likely N-dealkylation sites (tertiary alicyclic amines) is 1. The highest BCUT2D eigenvalue weighted by molar-refractivity contribution is 9.10. The SMILES string of the molecule is COC(=O)c1cc(NC(=O)N2CCC(C(=O)O)C2)c(C)cc1Br. The van der Waals surface area contributed by atoms with Gasteiger partial charge in [0.1, 0.15) is 0 Å². The van der Waals surface area contributed by atoms with Gasteiger partial charge in [-0.15, -0.1) is 0 Å². The van der Waals surface area contributed by atoms with Crippen molar-refractivity contribution >= 4 is 39.6 Å². The van der Waals surface area contributed by atoms with Crippen LogP contribution in [0.4, 0.5) is 10.5 Å². The number of carboxylic acid groups (broad SMARTS) is 1. The summed E-state index contributed by atoms with van der Waals surface area (Å²) in [6.45, 7) is 2.37. The predicted molar refractivity (Wildman–Crippen MR) is 86.6 cm³/mol. The molecule has 2 N–H and O–H groups in total. The number of anilines is 1. The number of hydrogen-bond acceptors (Lipinski definition) is 4. The van der Waals surface area contributed by atoms with Gasteiger partial charge in [0.05, 0.1) is 18.6 Å². The highest BCUT2D eigenvalue weighted by Crippen LogP contribution is 2.27. The molecule has 124 valence electrons. The second-order valence-corrected chi connectivity index (χ2v) is 6.19. The summed E-state index contributed by atoms with van der Waals surface area (Å²) in [7, 11) is 1.28. The Morgan fingerprint density at radius 1 is 1.39 bits per heavy atom. The van der Waals surface area contributed by atoms with Crippen LogP contribution < -0.4 is 5.32 Å². The topological polar surface area (TPSA) is 95.9 Å². The molecule has 1 aliphatic rings. The van der Waals surface area contributed by atoms with E-state index in [-0.39, 0.29) is 12.6 Å². The number of halogens is 1. The number of carbonyl (C=O) groups excluding carboxylic acids is 2. The number of nitrogens with one attached hydrogen (secondary N) is 1. The van der Waals surface area contributed by atoms with Gasteiger partial charge in [-0.3, -0.25) is 4.79 Å². The number of aliphatic carboxylic acids is 1. The lowest BCUT2D eigenvalue weighted by atomic mass is 10.1. The van der Waals surface area contributed by atoms with Gasteiger partial charge in [-0.1, -0.05) is 0 Å². The minimum atomic E-state index is -0.895. The molecule has 1 saturated heterocycles. The van der Waals surface area contributed by atoms with Crippen molar-refractivity contribution < 1.29 is 24.2 Å². The molecule has 1 atom stereocenters. The maximum Gasteiger partial charge on any atom is 0.339 e. The maximum atomic E-state index is 12.3. The van der Waals surface area contributed by atoms with Gasteiger partial charge in [0.25, 0.3) is 0 Å². The van der Waals surface area contributed by atoms with Crippen molar-refractivity contribution in [2.75, 3.05) is 25.5 Å². The zero-order valence-electron chi connectivity index (χ0n) is 12.8. The van der Waals surface area contributed by atoms with Crippen LogP contribution in [0.2, 0.25) is 0 Å². The number of methoxy groups -OCH3 is 1. The molecule has 1 unspecified atom stereocenters.